The number of hydrogen-bond donors (Lipinski definition) is 1. The van der Waals surface area contributed by atoms with Crippen molar-refractivity contribution in [2.45, 2.75) is 17.9 Å². The van der Waals surface area contributed by atoms with E-state index in [1.807, 2.05) is 0 Å². The molecule has 0 fully saturated rings. The summed E-state index contributed by atoms with van der Waals surface area (Å²) in [6.45, 7) is 1.45. The number of benzene rings is 1. The topological polar surface area (TPSA) is 60.2 Å². The second-order valence-corrected chi connectivity index (χ2v) is 5.38. The molecule has 0 aliphatic heterocycles. The SMILES string of the molecule is CC(N)c1cc(S(C)(=O)=O)cc(F)c1F. The van der Waals surface area contributed by atoms with Gasteiger partial charge in [0.1, 0.15) is 0 Å². The van der Waals surface area contributed by atoms with Crippen molar-refractivity contribution in [1.29, 1.82) is 0 Å². The van der Waals surface area contributed by atoms with Crippen LogP contribution in [0.5, 0.6) is 0 Å². The fourth-order valence-corrected chi connectivity index (χ4v) is 1.79. The smallest absolute Gasteiger partial charge is 0.175 e. The van der Waals surface area contributed by atoms with Crippen molar-refractivity contribution in [1.82, 2.24) is 0 Å². The summed E-state index contributed by atoms with van der Waals surface area (Å²) in [5.41, 5.74) is 5.25. The Kier molecular flexibility index (Phi) is 3.11. The summed E-state index contributed by atoms with van der Waals surface area (Å²) < 4.78 is 48.5. The Hall–Kier alpha value is -1.01. The van der Waals surface area contributed by atoms with Crippen molar-refractivity contribution in [2.75, 3.05) is 6.26 Å². The standard InChI is InChI=1S/C9H11F2NO2S/c1-5(12)7-3-6(15(2,13)14)4-8(10)9(7)11/h3-5H,12H2,1-2H3. The van der Waals surface area contributed by atoms with E-state index in [0.717, 1.165) is 12.3 Å². The Morgan fingerprint density at radius 3 is 2.27 bits per heavy atom. The van der Waals surface area contributed by atoms with E-state index in [1.165, 1.54) is 6.92 Å². The summed E-state index contributed by atoms with van der Waals surface area (Å²) >= 11 is 0. The Morgan fingerprint density at radius 2 is 1.87 bits per heavy atom. The predicted molar refractivity (Wildman–Crippen MR) is 52.1 cm³/mol. The van der Waals surface area contributed by atoms with Gasteiger partial charge in [-0.15, -0.1) is 0 Å². The third kappa shape index (κ3) is 2.51. The monoisotopic (exact) mass is 235 g/mol. The fraction of sp³-hybridized carbons (Fsp3) is 0.333. The van der Waals surface area contributed by atoms with Crippen LogP contribution in [0.1, 0.15) is 18.5 Å². The number of sulfone groups is 1. The van der Waals surface area contributed by atoms with Crippen LogP contribution in [0.15, 0.2) is 17.0 Å². The van der Waals surface area contributed by atoms with E-state index in [0.29, 0.717) is 6.07 Å². The lowest BCUT2D eigenvalue weighted by Gasteiger charge is -2.09. The lowest BCUT2D eigenvalue weighted by atomic mass is 10.1. The number of nitrogens with two attached hydrogens (primary N) is 1. The van der Waals surface area contributed by atoms with Gasteiger partial charge >= 0.3 is 0 Å². The molecule has 0 spiro atoms. The molecule has 0 saturated carbocycles. The molecular weight excluding hydrogens is 224 g/mol. The summed E-state index contributed by atoms with van der Waals surface area (Å²) in [5.74, 6) is -2.30. The van der Waals surface area contributed by atoms with Gasteiger partial charge in [0.25, 0.3) is 0 Å². The number of rotatable bonds is 2. The second kappa shape index (κ2) is 3.86. The van der Waals surface area contributed by atoms with Gasteiger partial charge in [-0.1, -0.05) is 0 Å². The Morgan fingerprint density at radius 1 is 1.33 bits per heavy atom. The van der Waals surface area contributed by atoms with Gasteiger partial charge in [0.05, 0.1) is 4.90 Å². The molecule has 0 aromatic heterocycles. The van der Waals surface area contributed by atoms with Crippen LogP contribution in [0.2, 0.25) is 0 Å². The molecule has 6 heteroatoms. The second-order valence-electron chi connectivity index (χ2n) is 3.37. The van der Waals surface area contributed by atoms with Crippen LogP contribution in [-0.2, 0) is 9.84 Å². The normalized spacial score (nSPS) is 13.9. The van der Waals surface area contributed by atoms with E-state index in [1.54, 1.807) is 0 Å². The summed E-state index contributed by atoms with van der Waals surface area (Å²) in [5, 5.41) is 0. The zero-order valence-corrected chi connectivity index (χ0v) is 9.11. The molecule has 15 heavy (non-hydrogen) atoms. The molecule has 1 rings (SSSR count). The average molecular weight is 235 g/mol. The Labute approximate surface area is 86.8 Å². The average Bonchev–Trinajstić information content (AvgIpc) is 2.06. The van der Waals surface area contributed by atoms with Gasteiger partial charge in [0, 0.05) is 17.9 Å². The van der Waals surface area contributed by atoms with Crippen LogP contribution in [-0.4, -0.2) is 14.7 Å². The van der Waals surface area contributed by atoms with Crippen molar-refractivity contribution < 1.29 is 17.2 Å². The van der Waals surface area contributed by atoms with Crippen LogP contribution < -0.4 is 5.73 Å². The molecule has 1 unspecified atom stereocenters. The maximum atomic E-state index is 13.2. The lowest BCUT2D eigenvalue weighted by Crippen LogP contribution is -2.11. The quantitative estimate of drug-likeness (QED) is 0.788. The third-order valence-corrected chi connectivity index (χ3v) is 3.04. The van der Waals surface area contributed by atoms with Gasteiger partial charge in [-0.05, 0) is 19.1 Å². The Balaban J connectivity index is 3.50. The largest absolute Gasteiger partial charge is 0.324 e. The minimum absolute atomic E-state index is 0.143. The molecule has 0 bridgehead atoms. The van der Waals surface area contributed by atoms with E-state index in [9.17, 15) is 17.2 Å². The summed E-state index contributed by atoms with van der Waals surface area (Å²) in [4.78, 5) is -0.270. The van der Waals surface area contributed by atoms with Crippen LogP contribution in [0, 0.1) is 11.6 Å². The zero-order valence-electron chi connectivity index (χ0n) is 8.29. The van der Waals surface area contributed by atoms with Crippen molar-refractivity contribution in [3.63, 3.8) is 0 Å². The molecule has 3 nitrogen and oxygen atoms in total. The van der Waals surface area contributed by atoms with Gasteiger partial charge in [-0.3, -0.25) is 0 Å². The molecule has 0 heterocycles. The molecular formula is C9H11F2NO2S. The third-order valence-electron chi connectivity index (χ3n) is 1.95. The van der Waals surface area contributed by atoms with Gasteiger partial charge < -0.3 is 5.73 Å². The molecule has 1 aromatic rings. The molecule has 0 aliphatic rings. The molecule has 0 saturated heterocycles. The summed E-state index contributed by atoms with van der Waals surface area (Å²) in [6.07, 6.45) is 0.921. The van der Waals surface area contributed by atoms with Crippen LogP contribution in [0.3, 0.4) is 0 Å². The fourth-order valence-electron chi connectivity index (χ4n) is 1.13. The van der Waals surface area contributed by atoms with Crippen molar-refractivity contribution in [3.05, 3.63) is 29.3 Å². The lowest BCUT2D eigenvalue weighted by molar-refractivity contribution is 0.488. The minimum atomic E-state index is -3.56. The number of hydrogen-bond acceptors (Lipinski definition) is 3. The van der Waals surface area contributed by atoms with Gasteiger partial charge in [0.15, 0.2) is 21.5 Å². The first-order chi connectivity index (χ1) is 6.73. The maximum Gasteiger partial charge on any atom is 0.175 e. The number of halogens is 2. The molecule has 0 aliphatic carbocycles. The van der Waals surface area contributed by atoms with Crippen LogP contribution in [0.4, 0.5) is 8.78 Å². The summed E-state index contributed by atoms with van der Waals surface area (Å²) in [6, 6.07) is 0.941. The van der Waals surface area contributed by atoms with Crippen molar-refractivity contribution in [2.24, 2.45) is 5.73 Å². The van der Waals surface area contributed by atoms with E-state index < -0.39 is 27.5 Å². The van der Waals surface area contributed by atoms with Crippen LogP contribution >= 0.6 is 0 Å². The highest BCUT2D eigenvalue weighted by molar-refractivity contribution is 7.90. The minimum Gasteiger partial charge on any atom is -0.324 e. The van der Waals surface area contributed by atoms with E-state index in [4.69, 9.17) is 5.73 Å². The van der Waals surface area contributed by atoms with E-state index in [-0.39, 0.29) is 10.5 Å². The molecule has 1 aromatic carbocycles. The summed E-state index contributed by atoms with van der Waals surface area (Å²) in [7, 11) is -3.56. The van der Waals surface area contributed by atoms with Gasteiger partial charge in [0.2, 0.25) is 0 Å². The molecule has 84 valence electrons. The molecule has 0 radical (unpaired) electrons. The highest BCUT2D eigenvalue weighted by atomic mass is 32.2. The Bertz CT molecular complexity index is 483. The first kappa shape index (κ1) is 12.1. The van der Waals surface area contributed by atoms with Crippen LogP contribution in [0.25, 0.3) is 0 Å². The van der Waals surface area contributed by atoms with E-state index >= 15 is 0 Å². The first-order valence-electron chi connectivity index (χ1n) is 4.18. The zero-order chi connectivity index (χ0) is 11.8. The maximum absolute atomic E-state index is 13.2. The molecule has 2 N–H and O–H groups in total. The highest BCUT2D eigenvalue weighted by Gasteiger charge is 2.17. The predicted octanol–water partition coefficient (Wildman–Crippen LogP) is 1.39. The van der Waals surface area contributed by atoms with E-state index in [2.05, 4.69) is 0 Å². The highest BCUT2D eigenvalue weighted by Crippen LogP contribution is 2.22. The molecule has 0 amide bonds. The van der Waals surface area contributed by atoms with Gasteiger partial charge in [-0.2, -0.15) is 0 Å². The van der Waals surface area contributed by atoms with Crippen molar-refractivity contribution >= 4 is 9.84 Å². The van der Waals surface area contributed by atoms with Gasteiger partial charge in [-0.25, -0.2) is 17.2 Å². The van der Waals surface area contributed by atoms with Crippen molar-refractivity contribution in [3.8, 4) is 0 Å². The molecule has 1 atom stereocenters. The first-order valence-corrected chi connectivity index (χ1v) is 6.07.